The summed E-state index contributed by atoms with van der Waals surface area (Å²) in [5.74, 6) is 0.603. The Morgan fingerprint density at radius 1 is 1.42 bits per heavy atom. The average Bonchev–Trinajstić information content (AvgIpc) is 2.06. The molecule has 0 N–H and O–H groups in total. The van der Waals surface area contributed by atoms with Crippen LogP contribution in [-0.4, -0.2) is 44.6 Å². The SMILES string of the molecule is COCCCN(C)CC=CCCl. The Hall–Kier alpha value is -0.0500. The van der Waals surface area contributed by atoms with E-state index in [1.165, 1.54) is 0 Å². The molecule has 0 aromatic carbocycles. The van der Waals surface area contributed by atoms with E-state index < -0.39 is 0 Å². The van der Waals surface area contributed by atoms with E-state index in [1.54, 1.807) is 7.11 Å². The maximum absolute atomic E-state index is 5.49. The maximum Gasteiger partial charge on any atom is 0.0474 e. The van der Waals surface area contributed by atoms with E-state index in [1.807, 2.05) is 6.08 Å². The van der Waals surface area contributed by atoms with Gasteiger partial charge in [-0.1, -0.05) is 12.2 Å². The summed E-state index contributed by atoms with van der Waals surface area (Å²) >= 11 is 5.49. The van der Waals surface area contributed by atoms with E-state index in [2.05, 4.69) is 18.0 Å². The largest absolute Gasteiger partial charge is 0.385 e. The molecular weight excluding hydrogens is 174 g/mol. The van der Waals surface area contributed by atoms with E-state index in [4.69, 9.17) is 16.3 Å². The highest BCUT2D eigenvalue weighted by molar-refractivity contribution is 6.18. The molecule has 2 nitrogen and oxygen atoms in total. The van der Waals surface area contributed by atoms with Crippen molar-refractivity contribution in [2.75, 3.05) is 39.7 Å². The minimum Gasteiger partial charge on any atom is -0.385 e. The van der Waals surface area contributed by atoms with Crippen molar-refractivity contribution in [1.82, 2.24) is 4.90 Å². The predicted octanol–water partition coefficient (Wildman–Crippen LogP) is 1.75. The summed E-state index contributed by atoms with van der Waals surface area (Å²) in [7, 11) is 3.82. The molecule has 0 fully saturated rings. The van der Waals surface area contributed by atoms with Gasteiger partial charge < -0.3 is 9.64 Å². The van der Waals surface area contributed by atoms with Crippen LogP contribution in [0.25, 0.3) is 0 Å². The molecule has 0 aliphatic heterocycles. The first kappa shape index (κ1) is 11.9. The van der Waals surface area contributed by atoms with Crippen molar-refractivity contribution in [2.24, 2.45) is 0 Å². The monoisotopic (exact) mass is 191 g/mol. The predicted molar refractivity (Wildman–Crippen MR) is 53.9 cm³/mol. The average molecular weight is 192 g/mol. The molecule has 0 amide bonds. The zero-order valence-corrected chi connectivity index (χ0v) is 8.68. The Bertz CT molecular complexity index is 117. The first-order chi connectivity index (χ1) is 5.81. The Kier molecular flexibility index (Phi) is 9.00. The normalized spacial score (nSPS) is 11.7. The van der Waals surface area contributed by atoms with Crippen molar-refractivity contribution in [3.8, 4) is 0 Å². The molecule has 72 valence electrons. The Labute approximate surface area is 80.1 Å². The second-order valence-corrected chi connectivity index (χ2v) is 3.04. The maximum atomic E-state index is 5.49. The van der Waals surface area contributed by atoms with Crippen molar-refractivity contribution in [2.45, 2.75) is 6.42 Å². The Morgan fingerprint density at radius 2 is 2.17 bits per heavy atom. The standard InChI is InChI=1S/C9H18ClNO/c1-11(7-4-3-6-10)8-5-9-12-2/h3-4H,5-9H2,1-2H3. The number of methoxy groups -OCH3 is 1. The molecule has 0 heterocycles. The van der Waals surface area contributed by atoms with Gasteiger partial charge in [-0.3, -0.25) is 0 Å². The lowest BCUT2D eigenvalue weighted by Gasteiger charge is -2.13. The molecule has 0 atom stereocenters. The van der Waals surface area contributed by atoms with Gasteiger partial charge in [0.2, 0.25) is 0 Å². The summed E-state index contributed by atoms with van der Waals surface area (Å²) in [4.78, 5) is 2.24. The van der Waals surface area contributed by atoms with Crippen LogP contribution in [0.1, 0.15) is 6.42 Å². The number of alkyl halides is 1. The van der Waals surface area contributed by atoms with Crippen LogP contribution >= 0.6 is 11.6 Å². The van der Waals surface area contributed by atoms with Crippen LogP contribution in [0.3, 0.4) is 0 Å². The molecule has 0 saturated heterocycles. The van der Waals surface area contributed by atoms with Crippen LogP contribution in [0.2, 0.25) is 0 Å². The van der Waals surface area contributed by atoms with E-state index in [9.17, 15) is 0 Å². The van der Waals surface area contributed by atoms with Gasteiger partial charge in [0.15, 0.2) is 0 Å². The molecule has 0 spiro atoms. The molecule has 3 heteroatoms. The lowest BCUT2D eigenvalue weighted by atomic mass is 10.4. The van der Waals surface area contributed by atoms with Crippen LogP contribution in [-0.2, 0) is 4.74 Å². The molecule has 0 aromatic rings. The van der Waals surface area contributed by atoms with Gasteiger partial charge in [0.1, 0.15) is 0 Å². The van der Waals surface area contributed by atoms with Crippen LogP contribution in [0.4, 0.5) is 0 Å². The minimum absolute atomic E-state index is 0.603. The highest BCUT2D eigenvalue weighted by Gasteiger charge is 1.93. The van der Waals surface area contributed by atoms with Crippen molar-refractivity contribution in [3.63, 3.8) is 0 Å². The van der Waals surface area contributed by atoms with Gasteiger partial charge in [0.25, 0.3) is 0 Å². The number of halogens is 1. The van der Waals surface area contributed by atoms with Crippen LogP contribution < -0.4 is 0 Å². The summed E-state index contributed by atoms with van der Waals surface area (Å²) < 4.78 is 4.95. The van der Waals surface area contributed by atoms with E-state index in [0.29, 0.717) is 5.88 Å². The smallest absolute Gasteiger partial charge is 0.0474 e. The molecule has 0 saturated carbocycles. The first-order valence-corrected chi connectivity index (χ1v) is 4.73. The second kappa shape index (κ2) is 9.04. The van der Waals surface area contributed by atoms with E-state index in [0.717, 1.165) is 26.1 Å². The van der Waals surface area contributed by atoms with Crippen LogP contribution in [0.15, 0.2) is 12.2 Å². The van der Waals surface area contributed by atoms with Gasteiger partial charge in [0, 0.05) is 32.7 Å². The first-order valence-electron chi connectivity index (χ1n) is 4.19. The minimum atomic E-state index is 0.603. The van der Waals surface area contributed by atoms with Crippen LogP contribution in [0.5, 0.6) is 0 Å². The summed E-state index contributed by atoms with van der Waals surface area (Å²) in [6.07, 6.45) is 5.13. The van der Waals surface area contributed by atoms with Crippen LogP contribution in [0, 0.1) is 0 Å². The van der Waals surface area contributed by atoms with Gasteiger partial charge >= 0.3 is 0 Å². The Balaban J connectivity index is 3.21. The molecular formula is C9H18ClNO. The molecule has 0 rings (SSSR count). The number of rotatable bonds is 7. The summed E-state index contributed by atoms with van der Waals surface area (Å²) in [6, 6.07) is 0. The van der Waals surface area contributed by atoms with Gasteiger partial charge in [-0.15, -0.1) is 11.6 Å². The molecule has 0 unspecified atom stereocenters. The van der Waals surface area contributed by atoms with E-state index in [-0.39, 0.29) is 0 Å². The highest BCUT2D eigenvalue weighted by atomic mass is 35.5. The molecule has 0 radical (unpaired) electrons. The fourth-order valence-electron chi connectivity index (χ4n) is 0.888. The molecule has 12 heavy (non-hydrogen) atoms. The lowest BCUT2D eigenvalue weighted by molar-refractivity contribution is 0.182. The fraction of sp³-hybridized carbons (Fsp3) is 0.778. The third-order valence-electron chi connectivity index (χ3n) is 1.56. The fourth-order valence-corrected chi connectivity index (χ4v) is 1.01. The zero-order valence-electron chi connectivity index (χ0n) is 7.92. The third-order valence-corrected chi connectivity index (χ3v) is 1.74. The van der Waals surface area contributed by atoms with Crippen molar-refractivity contribution in [1.29, 1.82) is 0 Å². The number of ether oxygens (including phenoxy) is 1. The topological polar surface area (TPSA) is 12.5 Å². The van der Waals surface area contributed by atoms with E-state index >= 15 is 0 Å². The van der Waals surface area contributed by atoms with Crippen molar-refractivity contribution < 1.29 is 4.74 Å². The third kappa shape index (κ3) is 8.05. The highest BCUT2D eigenvalue weighted by Crippen LogP contribution is 1.89. The van der Waals surface area contributed by atoms with Gasteiger partial charge in [-0.2, -0.15) is 0 Å². The second-order valence-electron chi connectivity index (χ2n) is 2.73. The molecule has 0 aromatic heterocycles. The lowest BCUT2D eigenvalue weighted by Crippen LogP contribution is -2.20. The quantitative estimate of drug-likeness (QED) is 0.346. The van der Waals surface area contributed by atoms with Gasteiger partial charge in [-0.05, 0) is 13.5 Å². The zero-order chi connectivity index (χ0) is 9.23. The summed E-state index contributed by atoms with van der Waals surface area (Å²) in [6.45, 7) is 2.88. The van der Waals surface area contributed by atoms with Gasteiger partial charge in [-0.25, -0.2) is 0 Å². The number of nitrogens with zero attached hydrogens (tertiary/aromatic N) is 1. The van der Waals surface area contributed by atoms with Gasteiger partial charge in [0.05, 0.1) is 0 Å². The summed E-state index contributed by atoms with van der Waals surface area (Å²) in [5, 5.41) is 0. The van der Waals surface area contributed by atoms with Crippen molar-refractivity contribution in [3.05, 3.63) is 12.2 Å². The molecule has 0 bridgehead atoms. The molecule has 0 aliphatic carbocycles. The number of allylic oxidation sites excluding steroid dienone is 1. The Morgan fingerprint density at radius 3 is 2.75 bits per heavy atom. The molecule has 0 aliphatic rings. The summed E-state index contributed by atoms with van der Waals surface area (Å²) in [5.41, 5.74) is 0. The van der Waals surface area contributed by atoms with Crippen molar-refractivity contribution >= 4 is 11.6 Å². The number of hydrogen-bond donors (Lipinski definition) is 0. The number of likely N-dealkylation sites (N-methyl/N-ethyl adjacent to an activating group) is 1. The number of hydrogen-bond acceptors (Lipinski definition) is 2.